The molecule has 0 radical (unpaired) electrons. The number of hydrogen-bond donors (Lipinski definition) is 2. The van der Waals surface area contributed by atoms with Crippen molar-refractivity contribution in [2.45, 2.75) is 6.92 Å². The number of benzene rings is 1. The van der Waals surface area contributed by atoms with Gasteiger partial charge in [-0.2, -0.15) is 0 Å². The number of aromatic hydroxyl groups is 1. The Bertz CT molecular complexity index is 498. The monoisotopic (exact) mass is 232 g/mol. The fraction of sp³-hybridized carbons (Fsp3) is 0.0769. The van der Waals surface area contributed by atoms with Gasteiger partial charge in [-0.1, -0.05) is 6.07 Å². The fourth-order valence-electron chi connectivity index (χ4n) is 1.18. The van der Waals surface area contributed by atoms with E-state index >= 15 is 0 Å². The Morgan fingerprint density at radius 2 is 1.88 bits per heavy atom. The lowest BCUT2D eigenvalue weighted by atomic mass is 10.1. The van der Waals surface area contributed by atoms with E-state index in [-0.39, 0.29) is 11.5 Å². The van der Waals surface area contributed by atoms with Gasteiger partial charge in [-0.3, -0.25) is 4.79 Å². The fourth-order valence-corrected chi connectivity index (χ4v) is 1.18. The molecule has 17 heavy (non-hydrogen) atoms. The molecule has 0 bridgehead atoms. The van der Waals surface area contributed by atoms with E-state index < -0.39 is 5.97 Å². The van der Waals surface area contributed by atoms with Crippen LogP contribution < -0.4 is 0 Å². The summed E-state index contributed by atoms with van der Waals surface area (Å²) in [4.78, 5) is 21.1. The second-order valence-corrected chi connectivity index (χ2v) is 3.43. The molecule has 0 unspecified atom stereocenters. The van der Waals surface area contributed by atoms with Gasteiger partial charge in [0.05, 0.1) is 0 Å². The SMILES string of the molecule is CC(=O)/C=C/c1cc(/C=C/C(=O)O)ccc1O. The summed E-state index contributed by atoms with van der Waals surface area (Å²) in [6.45, 7) is 1.40. The van der Waals surface area contributed by atoms with Crippen molar-refractivity contribution in [1.29, 1.82) is 0 Å². The molecule has 4 nitrogen and oxygen atoms in total. The van der Waals surface area contributed by atoms with Gasteiger partial charge in [0, 0.05) is 11.6 Å². The van der Waals surface area contributed by atoms with Crippen LogP contribution in [0.25, 0.3) is 12.2 Å². The normalized spacial score (nSPS) is 11.1. The third-order valence-electron chi connectivity index (χ3n) is 1.97. The van der Waals surface area contributed by atoms with Crippen molar-refractivity contribution >= 4 is 23.9 Å². The van der Waals surface area contributed by atoms with Crippen molar-refractivity contribution < 1.29 is 19.8 Å². The number of carbonyl (C=O) groups excluding carboxylic acids is 1. The number of carboxylic acid groups (broad SMARTS) is 1. The first-order chi connectivity index (χ1) is 7.99. The molecule has 0 heterocycles. The first-order valence-corrected chi connectivity index (χ1v) is 4.91. The van der Waals surface area contributed by atoms with Crippen molar-refractivity contribution in [1.82, 2.24) is 0 Å². The van der Waals surface area contributed by atoms with Crippen LogP contribution in [0.3, 0.4) is 0 Å². The summed E-state index contributed by atoms with van der Waals surface area (Å²) in [5.74, 6) is -1.13. The summed E-state index contributed by atoms with van der Waals surface area (Å²) in [7, 11) is 0. The molecule has 0 aromatic heterocycles. The third kappa shape index (κ3) is 4.34. The van der Waals surface area contributed by atoms with Crippen molar-refractivity contribution in [2.75, 3.05) is 0 Å². The molecule has 0 fully saturated rings. The van der Waals surface area contributed by atoms with Crippen LogP contribution in [-0.4, -0.2) is 22.0 Å². The highest BCUT2D eigenvalue weighted by molar-refractivity contribution is 5.92. The Morgan fingerprint density at radius 1 is 1.18 bits per heavy atom. The summed E-state index contributed by atoms with van der Waals surface area (Å²) in [6.07, 6.45) is 5.23. The average Bonchev–Trinajstić information content (AvgIpc) is 2.26. The molecule has 0 saturated carbocycles. The number of hydrogen-bond acceptors (Lipinski definition) is 3. The van der Waals surface area contributed by atoms with Gasteiger partial charge >= 0.3 is 5.97 Å². The lowest BCUT2D eigenvalue weighted by Crippen LogP contribution is -1.86. The average molecular weight is 232 g/mol. The Hall–Kier alpha value is -2.36. The standard InChI is InChI=1S/C13H12O4/c1-9(14)2-5-11-8-10(3-6-12(11)15)4-7-13(16)17/h2-8,15H,1H3,(H,16,17)/b5-2+,7-4+. The Morgan fingerprint density at radius 3 is 2.47 bits per heavy atom. The van der Waals surface area contributed by atoms with E-state index in [0.29, 0.717) is 11.1 Å². The summed E-state index contributed by atoms with van der Waals surface area (Å²) in [6, 6.07) is 4.62. The first-order valence-electron chi connectivity index (χ1n) is 4.91. The molecular weight excluding hydrogens is 220 g/mol. The minimum absolute atomic E-state index is 0.0370. The molecule has 2 N–H and O–H groups in total. The predicted molar refractivity (Wildman–Crippen MR) is 64.5 cm³/mol. The zero-order valence-electron chi connectivity index (χ0n) is 9.25. The quantitative estimate of drug-likeness (QED) is 0.779. The largest absolute Gasteiger partial charge is 0.507 e. The van der Waals surface area contributed by atoms with Crippen molar-refractivity contribution in [3.8, 4) is 5.75 Å². The highest BCUT2D eigenvalue weighted by Crippen LogP contribution is 2.20. The zero-order chi connectivity index (χ0) is 12.8. The van der Waals surface area contributed by atoms with Crippen molar-refractivity contribution in [3.05, 3.63) is 41.5 Å². The van der Waals surface area contributed by atoms with Gasteiger partial charge in [-0.15, -0.1) is 0 Å². The van der Waals surface area contributed by atoms with Gasteiger partial charge in [0.25, 0.3) is 0 Å². The molecule has 0 spiro atoms. The van der Waals surface area contributed by atoms with E-state index in [1.54, 1.807) is 12.1 Å². The Balaban J connectivity index is 3.02. The number of phenols is 1. The lowest BCUT2D eigenvalue weighted by molar-refractivity contribution is -0.131. The Kier molecular flexibility index (Phi) is 4.22. The van der Waals surface area contributed by atoms with Crippen LogP contribution in [0.15, 0.2) is 30.4 Å². The van der Waals surface area contributed by atoms with E-state index in [0.717, 1.165) is 6.08 Å². The maximum Gasteiger partial charge on any atom is 0.328 e. The van der Waals surface area contributed by atoms with Crippen LogP contribution in [0.2, 0.25) is 0 Å². The second-order valence-electron chi connectivity index (χ2n) is 3.43. The lowest BCUT2D eigenvalue weighted by Gasteiger charge is -2.00. The molecule has 1 rings (SSSR count). The number of carbonyl (C=O) groups is 2. The second kappa shape index (κ2) is 5.65. The molecular formula is C13H12O4. The molecule has 1 aromatic carbocycles. The minimum Gasteiger partial charge on any atom is -0.507 e. The summed E-state index contributed by atoms with van der Waals surface area (Å²) >= 11 is 0. The molecule has 4 heteroatoms. The molecule has 0 aliphatic heterocycles. The number of rotatable bonds is 4. The topological polar surface area (TPSA) is 74.6 Å². The first kappa shape index (κ1) is 12.7. The van der Waals surface area contributed by atoms with Crippen molar-refractivity contribution in [2.24, 2.45) is 0 Å². The van der Waals surface area contributed by atoms with E-state index in [4.69, 9.17) is 5.11 Å². The van der Waals surface area contributed by atoms with Gasteiger partial charge in [0.1, 0.15) is 5.75 Å². The van der Waals surface area contributed by atoms with Crippen LogP contribution in [0.4, 0.5) is 0 Å². The van der Waals surface area contributed by atoms with E-state index in [1.165, 1.54) is 31.2 Å². The molecule has 1 aromatic rings. The van der Waals surface area contributed by atoms with Gasteiger partial charge in [-0.25, -0.2) is 4.79 Å². The van der Waals surface area contributed by atoms with Crippen LogP contribution >= 0.6 is 0 Å². The zero-order valence-corrected chi connectivity index (χ0v) is 9.25. The molecule has 0 saturated heterocycles. The number of ketones is 1. The van der Waals surface area contributed by atoms with Crippen LogP contribution in [0.5, 0.6) is 5.75 Å². The van der Waals surface area contributed by atoms with E-state index in [2.05, 4.69) is 0 Å². The van der Waals surface area contributed by atoms with Crippen LogP contribution in [-0.2, 0) is 9.59 Å². The Labute approximate surface area is 98.5 Å². The highest BCUT2D eigenvalue weighted by atomic mass is 16.4. The van der Waals surface area contributed by atoms with Gasteiger partial charge in [0.2, 0.25) is 0 Å². The number of carboxylic acids is 1. The summed E-state index contributed by atoms with van der Waals surface area (Å²) in [5, 5.41) is 18.0. The van der Waals surface area contributed by atoms with E-state index in [1.807, 2.05) is 0 Å². The highest BCUT2D eigenvalue weighted by Gasteiger charge is 1.99. The smallest absolute Gasteiger partial charge is 0.328 e. The molecule has 0 aliphatic rings. The molecule has 0 aliphatic carbocycles. The molecule has 0 atom stereocenters. The minimum atomic E-state index is -1.04. The van der Waals surface area contributed by atoms with Gasteiger partial charge in [0.15, 0.2) is 5.78 Å². The number of aliphatic carboxylic acids is 1. The van der Waals surface area contributed by atoms with Gasteiger partial charge < -0.3 is 10.2 Å². The third-order valence-corrected chi connectivity index (χ3v) is 1.97. The number of phenolic OH excluding ortho intramolecular Hbond substituents is 1. The van der Waals surface area contributed by atoms with Crippen LogP contribution in [0.1, 0.15) is 18.1 Å². The maximum absolute atomic E-state index is 10.8. The summed E-state index contributed by atoms with van der Waals surface area (Å²) < 4.78 is 0. The maximum atomic E-state index is 10.8. The van der Waals surface area contributed by atoms with Gasteiger partial charge in [-0.05, 0) is 42.8 Å². The number of allylic oxidation sites excluding steroid dienone is 1. The van der Waals surface area contributed by atoms with Crippen LogP contribution in [0, 0.1) is 0 Å². The molecule has 88 valence electrons. The predicted octanol–water partition coefficient (Wildman–Crippen LogP) is 2.09. The van der Waals surface area contributed by atoms with Crippen molar-refractivity contribution in [3.63, 3.8) is 0 Å². The molecule has 0 amide bonds. The summed E-state index contributed by atoms with van der Waals surface area (Å²) in [5.41, 5.74) is 1.10. The van der Waals surface area contributed by atoms with E-state index in [9.17, 15) is 14.7 Å².